The molecule has 5 rings (SSSR count). The third-order valence-corrected chi connectivity index (χ3v) is 5.84. The average Bonchev–Trinajstić information content (AvgIpc) is 2.74. The number of ether oxygens (including phenoxy) is 1. The van der Waals surface area contributed by atoms with Crippen LogP contribution in [0.25, 0.3) is 0 Å². The monoisotopic (exact) mass is 390 g/mol. The molecule has 2 amide bonds. The zero-order valence-corrected chi connectivity index (χ0v) is 16.7. The molecule has 0 unspecified atom stereocenters. The Balaban J connectivity index is 1.63. The van der Waals surface area contributed by atoms with Crippen molar-refractivity contribution in [1.82, 2.24) is 9.80 Å². The van der Waals surface area contributed by atoms with E-state index in [4.69, 9.17) is 4.74 Å². The molecule has 5 heteroatoms. The molecule has 3 aliphatic rings. The highest BCUT2D eigenvalue weighted by Crippen LogP contribution is 2.33. The number of fused-ring (bicyclic) bond motifs is 5. The first kappa shape index (κ1) is 19.2. The fraction of sp³-hybridized carbons (Fsp3) is 0.333. The second-order valence-corrected chi connectivity index (χ2v) is 7.73. The molecule has 29 heavy (non-hydrogen) atoms. The summed E-state index contributed by atoms with van der Waals surface area (Å²) in [6, 6.07) is 16.5. The Labute approximate surface area is 171 Å². The van der Waals surface area contributed by atoms with Crippen molar-refractivity contribution in [3.8, 4) is 5.75 Å². The van der Waals surface area contributed by atoms with Gasteiger partial charge >= 0.3 is 0 Å². The molecule has 2 atom stereocenters. The van der Waals surface area contributed by atoms with Crippen LogP contribution in [0, 0.1) is 0 Å². The second-order valence-electron chi connectivity index (χ2n) is 7.73. The van der Waals surface area contributed by atoms with E-state index in [0.717, 1.165) is 35.3 Å². The van der Waals surface area contributed by atoms with Crippen LogP contribution in [-0.2, 0) is 22.7 Å². The highest BCUT2D eigenvalue weighted by molar-refractivity contribution is 5.99. The number of benzene rings is 2. The lowest BCUT2D eigenvalue weighted by atomic mass is 9.88. The van der Waals surface area contributed by atoms with Crippen LogP contribution in [0.3, 0.4) is 0 Å². The topological polar surface area (TPSA) is 49.9 Å². The van der Waals surface area contributed by atoms with E-state index in [9.17, 15) is 9.59 Å². The third kappa shape index (κ3) is 3.77. The first-order valence-electron chi connectivity index (χ1n) is 10.0. The van der Waals surface area contributed by atoms with Crippen LogP contribution in [-0.4, -0.2) is 40.8 Å². The van der Waals surface area contributed by atoms with Crippen molar-refractivity contribution in [1.29, 1.82) is 0 Å². The number of piperazine rings is 1. The van der Waals surface area contributed by atoms with E-state index in [0.29, 0.717) is 19.5 Å². The standard InChI is InChI=1S/C24H26N2O3/c1-17-7-6-10-21-23(27)26(16-19-11-13-20(29-2)14-12-19)22(17)24(28)25(21)15-18-8-4-3-5-9-18/h3-5,8-9,11-14,21-22H,1,6-7,10,15-16H2,2H3/t21-,22-/m0/s1. The SMILES string of the molecule is C=C1CCC[C@H]2C(=O)N(Cc3ccc(OC)cc3)[C@@H]1C(=O)N2Cc1ccccc1. The Morgan fingerprint density at radius 2 is 1.59 bits per heavy atom. The Morgan fingerprint density at radius 1 is 0.931 bits per heavy atom. The van der Waals surface area contributed by atoms with E-state index in [1.807, 2.05) is 54.6 Å². The number of rotatable bonds is 5. The molecule has 0 radical (unpaired) electrons. The Hall–Kier alpha value is -3.08. The van der Waals surface area contributed by atoms with Gasteiger partial charge in [-0.3, -0.25) is 9.59 Å². The zero-order chi connectivity index (χ0) is 20.4. The van der Waals surface area contributed by atoms with Gasteiger partial charge in [-0.05, 0) is 48.1 Å². The summed E-state index contributed by atoms with van der Waals surface area (Å²) in [7, 11) is 1.62. The van der Waals surface area contributed by atoms with Gasteiger partial charge in [0.15, 0.2) is 0 Å². The van der Waals surface area contributed by atoms with Crippen molar-refractivity contribution in [3.63, 3.8) is 0 Å². The van der Waals surface area contributed by atoms with Crippen LogP contribution < -0.4 is 4.74 Å². The number of carbonyl (C=O) groups is 2. The van der Waals surface area contributed by atoms with E-state index in [1.54, 1.807) is 16.9 Å². The molecule has 3 fully saturated rings. The van der Waals surface area contributed by atoms with Crippen LogP contribution in [0.15, 0.2) is 66.7 Å². The summed E-state index contributed by atoms with van der Waals surface area (Å²) in [6.07, 6.45) is 2.32. The summed E-state index contributed by atoms with van der Waals surface area (Å²) in [4.78, 5) is 30.4. The van der Waals surface area contributed by atoms with Gasteiger partial charge in [0.2, 0.25) is 5.91 Å². The number of amides is 2. The molecule has 5 nitrogen and oxygen atoms in total. The van der Waals surface area contributed by atoms with E-state index in [1.165, 1.54) is 0 Å². The largest absolute Gasteiger partial charge is 0.497 e. The normalized spacial score (nSPS) is 21.9. The van der Waals surface area contributed by atoms with Crippen molar-refractivity contribution in [2.75, 3.05) is 7.11 Å². The van der Waals surface area contributed by atoms with Gasteiger partial charge in [-0.25, -0.2) is 0 Å². The lowest BCUT2D eigenvalue weighted by Gasteiger charge is -2.47. The third-order valence-electron chi connectivity index (χ3n) is 5.84. The Bertz CT molecular complexity index is 907. The molecule has 2 aromatic rings. The van der Waals surface area contributed by atoms with Crippen LogP contribution >= 0.6 is 0 Å². The molecular formula is C24H26N2O3. The van der Waals surface area contributed by atoms with Gasteiger partial charge < -0.3 is 14.5 Å². The van der Waals surface area contributed by atoms with E-state index in [2.05, 4.69) is 6.58 Å². The molecule has 2 bridgehead atoms. The van der Waals surface area contributed by atoms with Crippen molar-refractivity contribution in [2.45, 2.75) is 44.4 Å². The second kappa shape index (κ2) is 8.11. The molecule has 0 N–H and O–H groups in total. The molecule has 0 aromatic heterocycles. The number of nitrogens with zero attached hydrogens (tertiary/aromatic N) is 2. The molecular weight excluding hydrogens is 364 g/mol. The van der Waals surface area contributed by atoms with Crippen molar-refractivity contribution in [3.05, 3.63) is 77.9 Å². The van der Waals surface area contributed by atoms with Crippen LogP contribution in [0.2, 0.25) is 0 Å². The number of carbonyl (C=O) groups excluding carboxylic acids is 2. The van der Waals surface area contributed by atoms with E-state index in [-0.39, 0.29) is 11.8 Å². The van der Waals surface area contributed by atoms with Gasteiger partial charge in [-0.15, -0.1) is 0 Å². The maximum Gasteiger partial charge on any atom is 0.250 e. The van der Waals surface area contributed by atoms with Gasteiger partial charge in [0, 0.05) is 13.1 Å². The van der Waals surface area contributed by atoms with E-state index >= 15 is 0 Å². The van der Waals surface area contributed by atoms with Gasteiger partial charge in [0.05, 0.1) is 7.11 Å². The van der Waals surface area contributed by atoms with Crippen LogP contribution in [0.1, 0.15) is 30.4 Å². The van der Waals surface area contributed by atoms with Crippen molar-refractivity contribution >= 4 is 11.8 Å². The lowest BCUT2D eigenvalue weighted by molar-refractivity contribution is -0.162. The van der Waals surface area contributed by atoms with Gasteiger partial charge in [-0.1, -0.05) is 49.0 Å². The van der Waals surface area contributed by atoms with Gasteiger partial charge in [0.25, 0.3) is 5.91 Å². The summed E-state index contributed by atoms with van der Waals surface area (Å²) in [5.41, 5.74) is 2.83. The fourth-order valence-electron chi connectivity index (χ4n) is 4.29. The average molecular weight is 390 g/mol. The maximum atomic E-state index is 13.5. The molecule has 2 aromatic carbocycles. The first-order valence-corrected chi connectivity index (χ1v) is 10.0. The highest BCUT2D eigenvalue weighted by atomic mass is 16.5. The summed E-state index contributed by atoms with van der Waals surface area (Å²) in [5.74, 6) is 0.766. The summed E-state index contributed by atoms with van der Waals surface area (Å²) >= 11 is 0. The number of methoxy groups -OCH3 is 1. The molecule has 150 valence electrons. The minimum atomic E-state index is -0.593. The number of hydrogen-bond acceptors (Lipinski definition) is 3. The number of hydrogen-bond donors (Lipinski definition) is 0. The van der Waals surface area contributed by atoms with Gasteiger partial charge in [0.1, 0.15) is 17.8 Å². The zero-order valence-electron chi connectivity index (χ0n) is 16.7. The lowest BCUT2D eigenvalue weighted by Crippen LogP contribution is -2.65. The molecule has 3 saturated heterocycles. The molecule has 0 spiro atoms. The minimum Gasteiger partial charge on any atom is -0.497 e. The van der Waals surface area contributed by atoms with Crippen molar-refractivity contribution in [2.24, 2.45) is 0 Å². The quantitative estimate of drug-likeness (QED) is 0.734. The minimum absolute atomic E-state index is 0.0159. The van der Waals surface area contributed by atoms with Gasteiger partial charge in [-0.2, -0.15) is 0 Å². The Morgan fingerprint density at radius 3 is 2.28 bits per heavy atom. The van der Waals surface area contributed by atoms with Crippen LogP contribution in [0.4, 0.5) is 0 Å². The molecule has 0 saturated carbocycles. The van der Waals surface area contributed by atoms with Crippen LogP contribution in [0.5, 0.6) is 5.75 Å². The van der Waals surface area contributed by atoms with E-state index < -0.39 is 12.1 Å². The smallest absolute Gasteiger partial charge is 0.250 e. The molecule has 3 aliphatic heterocycles. The summed E-state index contributed by atoms with van der Waals surface area (Å²) in [5, 5.41) is 0. The molecule has 3 heterocycles. The summed E-state index contributed by atoms with van der Waals surface area (Å²) in [6.45, 7) is 5.03. The first-order chi connectivity index (χ1) is 14.1. The Kier molecular flexibility index (Phi) is 5.38. The predicted octanol–water partition coefficient (Wildman–Crippen LogP) is 3.54. The fourth-order valence-corrected chi connectivity index (χ4v) is 4.29. The highest BCUT2D eigenvalue weighted by Gasteiger charge is 2.47. The van der Waals surface area contributed by atoms with Crippen molar-refractivity contribution < 1.29 is 14.3 Å². The predicted molar refractivity (Wildman–Crippen MR) is 111 cm³/mol. The maximum absolute atomic E-state index is 13.5. The molecule has 0 aliphatic carbocycles. The summed E-state index contributed by atoms with van der Waals surface area (Å²) < 4.78 is 5.22.